The minimum Gasteiger partial charge on any atom is -0.506 e. The Bertz CT molecular complexity index is 822. The van der Waals surface area contributed by atoms with Gasteiger partial charge in [-0.1, -0.05) is 0 Å². The average molecular weight is 253 g/mol. The number of rotatable bonds is 1. The van der Waals surface area contributed by atoms with E-state index in [0.717, 1.165) is 11.1 Å². The predicted octanol–water partition coefficient (Wildman–Crippen LogP) is 1.62. The molecule has 6 nitrogen and oxygen atoms in total. The number of aromatic nitrogens is 4. The number of aryl methyl sites for hydroxylation is 2. The molecule has 0 saturated carbocycles. The normalized spacial score (nSPS) is 10.8. The van der Waals surface area contributed by atoms with Gasteiger partial charge in [0.15, 0.2) is 0 Å². The highest BCUT2D eigenvalue weighted by Crippen LogP contribution is 2.29. The zero-order chi connectivity index (χ0) is 13.6. The molecular formula is C13H11N5O. The third-order valence-electron chi connectivity index (χ3n) is 3.03. The van der Waals surface area contributed by atoms with E-state index in [1.165, 1.54) is 4.52 Å². The second-order valence-electron chi connectivity index (χ2n) is 4.38. The highest BCUT2D eigenvalue weighted by molar-refractivity contribution is 5.75. The fourth-order valence-corrected chi connectivity index (χ4v) is 2.13. The molecule has 0 saturated heterocycles. The van der Waals surface area contributed by atoms with E-state index in [1.54, 1.807) is 30.1 Å². The van der Waals surface area contributed by atoms with E-state index in [0.29, 0.717) is 16.8 Å². The first-order valence-electron chi connectivity index (χ1n) is 5.71. The Balaban J connectivity index is 2.29. The molecule has 3 rings (SSSR count). The molecule has 3 aromatic rings. The van der Waals surface area contributed by atoms with Crippen LogP contribution in [0.5, 0.6) is 5.75 Å². The molecule has 0 spiro atoms. The maximum atomic E-state index is 10.1. The number of pyridine rings is 1. The minimum atomic E-state index is 0.0403. The number of hydrogen-bond donors (Lipinski definition) is 1. The van der Waals surface area contributed by atoms with Gasteiger partial charge in [0.05, 0.1) is 11.9 Å². The number of aromatic hydroxyl groups is 1. The average Bonchev–Trinajstić information content (AvgIpc) is 2.92. The summed E-state index contributed by atoms with van der Waals surface area (Å²) in [6, 6.07) is 3.68. The first kappa shape index (κ1) is 11.3. The summed E-state index contributed by atoms with van der Waals surface area (Å²) in [5.74, 6) is 0.0403. The summed E-state index contributed by atoms with van der Waals surface area (Å²) < 4.78 is 3.22. The molecule has 3 aromatic heterocycles. The first-order chi connectivity index (χ1) is 9.10. The van der Waals surface area contributed by atoms with Gasteiger partial charge >= 0.3 is 0 Å². The third kappa shape index (κ3) is 1.64. The molecule has 19 heavy (non-hydrogen) atoms. The monoisotopic (exact) mass is 253 g/mol. The van der Waals surface area contributed by atoms with Crippen LogP contribution in [0.25, 0.3) is 16.6 Å². The molecule has 1 N–H and O–H groups in total. The number of nitriles is 1. The van der Waals surface area contributed by atoms with Crippen LogP contribution < -0.4 is 0 Å². The van der Waals surface area contributed by atoms with E-state index in [9.17, 15) is 5.11 Å². The summed E-state index contributed by atoms with van der Waals surface area (Å²) in [4.78, 5) is 0. The van der Waals surface area contributed by atoms with Crippen LogP contribution in [0.4, 0.5) is 0 Å². The van der Waals surface area contributed by atoms with E-state index in [2.05, 4.69) is 16.3 Å². The van der Waals surface area contributed by atoms with Gasteiger partial charge in [-0.3, -0.25) is 4.68 Å². The van der Waals surface area contributed by atoms with E-state index in [4.69, 9.17) is 5.26 Å². The molecule has 0 fully saturated rings. The number of nitrogens with zero attached hydrogens (tertiary/aromatic N) is 5. The largest absolute Gasteiger partial charge is 0.506 e. The topological polar surface area (TPSA) is 79.1 Å². The standard InChI is InChI=1S/C13H11N5O/c1-8-11(4-14)13-12(19)3-9(7-18(13)16-8)10-5-15-17(2)6-10/h3,5-7,19H,1-2H3. The van der Waals surface area contributed by atoms with Gasteiger partial charge in [0.2, 0.25) is 0 Å². The lowest BCUT2D eigenvalue weighted by atomic mass is 10.1. The summed E-state index contributed by atoms with van der Waals surface area (Å²) in [6.45, 7) is 1.74. The summed E-state index contributed by atoms with van der Waals surface area (Å²) in [5.41, 5.74) is 3.11. The van der Waals surface area contributed by atoms with Crippen LogP contribution in [-0.4, -0.2) is 24.5 Å². The summed E-state index contributed by atoms with van der Waals surface area (Å²) in [5, 5.41) is 27.5. The molecule has 0 aromatic carbocycles. The first-order valence-corrected chi connectivity index (χ1v) is 5.71. The Hall–Kier alpha value is -2.81. The van der Waals surface area contributed by atoms with Crippen molar-refractivity contribution in [3.05, 3.63) is 35.9 Å². The molecule has 0 amide bonds. The number of fused-ring (bicyclic) bond motifs is 1. The Morgan fingerprint density at radius 2 is 2.11 bits per heavy atom. The molecule has 0 aliphatic rings. The zero-order valence-electron chi connectivity index (χ0n) is 10.5. The Labute approximate surface area is 109 Å². The van der Waals surface area contributed by atoms with Crippen LogP contribution in [0, 0.1) is 18.3 Å². The van der Waals surface area contributed by atoms with Crippen molar-refractivity contribution in [2.24, 2.45) is 7.05 Å². The van der Waals surface area contributed by atoms with Gasteiger partial charge in [0, 0.05) is 30.6 Å². The molecular weight excluding hydrogens is 242 g/mol. The van der Waals surface area contributed by atoms with Gasteiger partial charge in [0.1, 0.15) is 22.9 Å². The van der Waals surface area contributed by atoms with E-state index in [-0.39, 0.29) is 5.75 Å². The van der Waals surface area contributed by atoms with Crippen molar-refractivity contribution < 1.29 is 5.11 Å². The Morgan fingerprint density at radius 3 is 2.74 bits per heavy atom. The van der Waals surface area contributed by atoms with Crippen molar-refractivity contribution >= 4 is 5.52 Å². The van der Waals surface area contributed by atoms with Gasteiger partial charge in [-0.2, -0.15) is 15.5 Å². The van der Waals surface area contributed by atoms with Gasteiger partial charge < -0.3 is 5.11 Å². The second-order valence-corrected chi connectivity index (χ2v) is 4.38. The summed E-state index contributed by atoms with van der Waals surface area (Å²) in [6.07, 6.45) is 5.34. The summed E-state index contributed by atoms with van der Waals surface area (Å²) in [7, 11) is 1.83. The van der Waals surface area contributed by atoms with Crippen LogP contribution in [-0.2, 0) is 7.05 Å². The number of hydrogen-bond acceptors (Lipinski definition) is 4. The third-order valence-corrected chi connectivity index (χ3v) is 3.03. The maximum absolute atomic E-state index is 10.1. The SMILES string of the molecule is Cc1nn2cc(-c3cnn(C)c3)cc(O)c2c1C#N. The van der Waals surface area contributed by atoms with Gasteiger partial charge in [0.25, 0.3) is 0 Å². The van der Waals surface area contributed by atoms with Crippen molar-refractivity contribution in [2.45, 2.75) is 6.92 Å². The van der Waals surface area contributed by atoms with Crippen molar-refractivity contribution in [1.82, 2.24) is 19.4 Å². The molecule has 0 atom stereocenters. The van der Waals surface area contributed by atoms with Crippen LogP contribution in [0.1, 0.15) is 11.3 Å². The maximum Gasteiger partial charge on any atom is 0.143 e. The molecule has 0 aliphatic heterocycles. The van der Waals surface area contributed by atoms with Gasteiger partial charge in [-0.05, 0) is 13.0 Å². The molecule has 0 aliphatic carbocycles. The lowest BCUT2D eigenvalue weighted by Gasteiger charge is -2.02. The van der Waals surface area contributed by atoms with Crippen LogP contribution in [0.3, 0.4) is 0 Å². The van der Waals surface area contributed by atoms with Crippen LogP contribution >= 0.6 is 0 Å². The smallest absolute Gasteiger partial charge is 0.143 e. The molecule has 94 valence electrons. The van der Waals surface area contributed by atoms with E-state index < -0.39 is 0 Å². The zero-order valence-corrected chi connectivity index (χ0v) is 10.5. The van der Waals surface area contributed by atoms with E-state index in [1.807, 2.05) is 13.2 Å². The second kappa shape index (κ2) is 3.85. The van der Waals surface area contributed by atoms with Crippen LogP contribution in [0.2, 0.25) is 0 Å². The fourth-order valence-electron chi connectivity index (χ4n) is 2.13. The quantitative estimate of drug-likeness (QED) is 0.714. The predicted molar refractivity (Wildman–Crippen MR) is 68.5 cm³/mol. The fraction of sp³-hybridized carbons (Fsp3) is 0.154. The van der Waals surface area contributed by atoms with Crippen molar-refractivity contribution in [2.75, 3.05) is 0 Å². The molecule has 0 radical (unpaired) electrons. The molecule has 0 unspecified atom stereocenters. The minimum absolute atomic E-state index is 0.0403. The Morgan fingerprint density at radius 1 is 1.32 bits per heavy atom. The summed E-state index contributed by atoms with van der Waals surface area (Å²) >= 11 is 0. The van der Waals surface area contributed by atoms with Gasteiger partial charge in [-0.15, -0.1) is 0 Å². The highest BCUT2D eigenvalue weighted by Gasteiger charge is 2.14. The highest BCUT2D eigenvalue weighted by atomic mass is 16.3. The molecule has 3 heterocycles. The molecule has 0 bridgehead atoms. The van der Waals surface area contributed by atoms with Crippen molar-refractivity contribution in [1.29, 1.82) is 5.26 Å². The van der Waals surface area contributed by atoms with Crippen molar-refractivity contribution in [3.63, 3.8) is 0 Å². The van der Waals surface area contributed by atoms with Crippen LogP contribution in [0.15, 0.2) is 24.7 Å². The van der Waals surface area contributed by atoms with Crippen molar-refractivity contribution in [3.8, 4) is 22.9 Å². The van der Waals surface area contributed by atoms with E-state index >= 15 is 0 Å². The Kier molecular flexibility index (Phi) is 2.29. The lowest BCUT2D eigenvalue weighted by molar-refractivity contribution is 0.478. The lowest BCUT2D eigenvalue weighted by Crippen LogP contribution is -1.89. The van der Waals surface area contributed by atoms with Gasteiger partial charge in [-0.25, -0.2) is 4.52 Å². The molecule has 6 heteroatoms.